The number of carbonyl (C=O) groups is 2. The fourth-order valence-corrected chi connectivity index (χ4v) is 3.68. The van der Waals surface area contributed by atoms with Crippen LogP contribution >= 0.6 is 0 Å². The predicted octanol–water partition coefficient (Wildman–Crippen LogP) is 2.09. The number of methoxy groups -OCH3 is 1. The molecule has 0 atom stereocenters. The van der Waals surface area contributed by atoms with Gasteiger partial charge in [0.05, 0.1) is 18.6 Å². The van der Waals surface area contributed by atoms with E-state index < -0.39 is 15.9 Å². The van der Waals surface area contributed by atoms with E-state index in [-0.39, 0.29) is 22.9 Å². The van der Waals surface area contributed by atoms with Crippen molar-refractivity contribution in [2.24, 2.45) is 0 Å². The number of sulfonamides is 1. The van der Waals surface area contributed by atoms with Gasteiger partial charge >= 0.3 is 0 Å². The molecule has 29 heavy (non-hydrogen) atoms. The average Bonchev–Trinajstić information content (AvgIpc) is 2.72. The third-order valence-corrected chi connectivity index (χ3v) is 5.49. The molecule has 156 valence electrons. The summed E-state index contributed by atoms with van der Waals surface area (Å²) in [5, 5.41) is 2.70. The fraction of sp³-hybridized carbons (Fsp3) is 0.300. The zero-order valence-electron chi connectivity index (χ0n) is 16.6. The molecule has 2 aromatic rings. The lowest BCUT2D eigenvalue weighted by Crippen LogP contribution is -2.35. The SMILES string of the molecule is CCCNS(=O)(=O)c1cccc(C(=O)N(C)CC(=O)Nc2ccc(OC)cc2)c1. The van der Waals surface area contributed by atoms with E-state index in [4.69, 9.17) is 4.74 Å². The maximum absolute atomic E-state index is 12.6. The maximum atomic E-state index is 12.6. The zero-order chi connectivity index (χ0) is 21.4. The van der Waals surface area contributed by atoms with Gasteiger partial charge in [0.15, 0.2) is 0 Å². The molecule has 2 N–H and O–H groups in total. The van der Waals surface area contributed by atoms with E-state index in [1.54, 1.807) is 31.4 Å². The molecule has 0 unspecified atom stereocenters. The molecule has 0 saturated carbocycles. The largest absolute Gasteiger partial charge is 0.497 e. The Morgan fingerprint density at radius 2 is 1.79 bits per heavy atom. The highest BCUT2D eigenvalue weighted by Gasteiger charge is 2.19. The topological polar surface area (TPSA) is 105 Å². The monoisotopic (exact) mass is 419 g/mol. The second-order valence-corrected chi connectivity index (χ2v) is 8.13. The number of ether oxygens (including phenoxy) is 1. The van der Waals surface area contributed by atoms with Crippen LogP contribution in [0.15, 0.2) is 53.4 Å². The molecule has 0 aromatic heterocycles. The molecule has 9 heteroatoms. The van der Waals surface area contributed by atoms with E-state index in [2.05, 4.69) is 10.0 Å². The van der Waals surface area contributed by atoms with Crippen LogP contribution in [0.2, 0.25) is 0 Å². The van der Waals surface area contributed by atoms with Gasteiger partial charge in [-0.2, -0.15) is 0 Å². The minimum absolute atomic E-state index is 0.00730. The van der Waals surface area contributed by atoms with E-state index in [1.165, 1.54) is 36.2 Å². The fourth-order valence-electron chi connectivity index (χ4n) is 2.50. The lowest BCUT2D eigenvalue weighted by atomic mass is 10.2. The van der Waals surface area contributed by atoms with Crippen LogP contribution in [0.1, 0.15) is 23.7 Å². The first-order valence-electron chi connectivity index (χ1n) is 9.06. The van der Waals surface area contributed by atoms with Gasteiger partial charge in [-0.05, 0) is 48.9 Å². The molecule has 0 fully saturated rings. The van der Waals surface area contributed by atoms with Gasteiger partial charge in [-0.1, -0.05) is 13.0 Å². The lowest BCUT2D eigenvalue weighted by Gasteiger charge is -2.17. The van der Waals surface area contributed by atoms with Gasteiger partial charge in [-0.3, -0.25) is 9.59 Å². The van der Waals surface area contributed by atoms with Gasteiger partial charge in [-0.25, -0.2) is 13.1 Å². The molecule has 0 saturated heterocycles. The minimum atomic E-state index is -3.68. The predicted molar refractivity (Wildman–Crippen MR) is 111 cm³/mol. The van der Waals surface area contributed by atoms with Crippen LogP contribution in [0.25, 0.3) is 0 Å². The molecule has 0 radical (unpaired) electrons. The summed E-state index contributed by atoms with van der Waals surface area (Å²) in [6.07, 6.45) is 0.657. The van der Waals surface area contributed by atoms with Crippen molar-refractivity contribution in [3.63, 3.8) is 0 Å². The summed E-state index contributed by atoms with van der Waals surface area (Å²) >= 11 is 0. The standard InChI is InChI=1S/C20H25N3O5S/c1-4-12-21-29(26,27)18-7-5-6-15(13-18)20(25)23(2)14-19(24)22-16-8-10-17(28-3)11-9-16/h5-11,13,21H,4,12,14H2,1-3H3,(H,22,24). The molecule has 2 aromatic carbocycles. The van der Waals surface area contributed by atoms with Crippen molar-refractivity contribution in [2.75, 3.05) is 32.6 Å². The van der Waals surface area contributed by atoms with E-state index in [0.29, 0.717) is 24.4 Å². The molecule has 0 spiro atoms. The van der Waals surface area contributed by atoms with Crippen molar-refractivity contribution in [3.05, 3.63) is 54.1 Å². The van der Waals surface area contributed by atoms with E-state index in [0.717, 1.165) is 0 Å². The summed E-state index contributed by atoms with van der Waals surface area (Å²) < 4.78 is 32.0. The molecule has 8 nitrogen and oxygen atoms in total. The van der Waals surface area contributed by atoms with Crippen LogP contribution in [0.5, 0.6) is 5.75 Å². The summed E-state index contributed by atoms with van der Waals surface area (Å²) in [4.78, 5) is 26.1. The number of likely N-dealkylation sites (N-methyl/N-ethyl adjacent to an activating group) is 1. The Balaban J connectivity index is 2.03. The van der Waals surface area contributed by atoms with Gasteiger partial charge < -0.3 is 15.0 Å². The molecule has 2 amide bonds. The number of nitrogens with one attached hydrogen (secondary N) is 2. The molecule has 2 rings (SSSR count). The van der Waals surface area contributed by atoms with Gasteiger partial charge in [0.1, 0.15) is 5.75 Å². The van der Waals surface area contributed by atoms with E-state index in [1.807, 2.05) is 6.92 Å². The highest BCUT2D eigenvalue weighted by Crippen LogP contribution is 2.16. The second-order valence-electron chi connectivity index (χ2n) is 6.36. The summed E-state index contributed by atoms with van der Waals surface area (Å²) in [5.41, 5.74) is 0.760. The molecule has 0 aliphatic carbocycles. The summed E-state index contributed by atoms with van der Waals surface area (Å²) in [7, 11) is -0.655. The number of anilines is 1. The lowest BCUT2D eigenvalue weighted by molar-refractivity contribution is -0.116. The van der Waals surface area contributed by atoms with Crippen molar-refractivity contribution in [1.82, 2.24) is 9.62 Å². The number of hydrogen-bond donors (Lipinski definition) is 2. The Hall–Kier alpha value is -2.91. The average molecular weight is 420 g/mol. The van der Waals surface area contributed by atoms with Crippen molar-refractivity contribution in [1.29, 1.82) is 0 Å². The van der Waals surface area contributed by atoms with Crippen molar-refractivity contribution in [3.8, 4) is 5.75 Å². The summed E-state index contributed by atoms with van der Waals surface area (Å²) in [5.74, 6) is -0.166. The number of rotatable bonds is 9. The van der Waals surface area contributed by atoms with E-state index >= 15 is 0 Å². The van der Waals surface area contributed by atoms with Gasteiger partial charge in [0.2, 0.25) is 15.9 Å². The third kappa shape index (κ3) is 6.30. The number of carbonyl (C=O) groups excluding carboxylic acids is 2. The van der Waals surface area contributed by atoms with Gasteiger partial charge in [-0.15, -0.1) is 0 Å². The minimum Gasteiger partial charge on any atom is -0.497 e. The highest BCUT2D eigenvalue weighted by atomic mass is 32.2. The number of amides is 2. The third-order valence-electron chi connectivity index (χ3n) is 4.03. The van der Waals surface area contributed by atoms with Crippen LogP contribution in [0.4, 0.5) is 5.69 Å². The maximum Gasteiger partial charge on any atom is 0.254 e. The summed E-state index contributed by atoms with van der Waals surface area (Å²) in [6.45, 7) is 1.98. The first-order chi connectivity index (χ1) is 13.8. The quantitative estimate of drug-likeness (QED) is 0.648. The van der Waals surface area contributed by atoms with Crippen LogP contribution < -0.4 is 14.8 Å². The zero-order valence-corrected chi connectivity index (χ0v) is 17.5. The smallest absolute Gasteiger partial charge is 0.254 e. The molecular weight excluding hydrogens is 394 g/mol. The van der Waals surface area contributed by atoms with Gasteiger partial charge in [0.25, 0.3) is 5.91 Å². The Morgan fingerprint density at radius 3 is 2.41 bits per heavy atom. The van der Waals surface area contributed by atoms with Crippen molar-refractivity contribution in [2.45, 2.75) is 18.2 Å². The Morgan fingerprint density at radius 1 is 1.10 bits per heavy atom. The number of hydrogen-bond acceptors (Lipinski definition) is 5. The number of benzene rings is 2. The highest BCUT2D eigenvalue weighted by molar-refractivity contribution is 7.89. The Kier molecular flexibility index (Phi) is 7.74. The summed E-state index contributed by atoms with van der Waals surface area (Å²) in [6, 6.07) is 12.5. The van der Waals surface area contributed by atoms with Crippen LogP contribution in [-0.4, -0.2) is 52.4 Å². The molecular formula is C20H25N3O5S. The van der Waals surface area contributed by atoms with Crippen LogP contribution in [0, 0.1) is 0 Å². The van der Waals surface area contributed by atoms with Crippen molar-refractivity contribution >= 4 is 27.5 Å². The molecule has 0 heterocycles. The Labute approximate surface area is 170 Å². The molecule has 0 bridgehead atoms. The number of nitrogens with zero attached hydrogens (tertiary/aromatic N) is 1. The first-order valence-corrected chi connectivity index (χ1v) is 10.5. The molecule has 0 aliphatic rings. The van der Waals surface area contributed by atoms with Gasteiger partial charge in [0, 0.05) is 24.8 Å². The Bertz CT molecular complexity index is 958. The van der Waals surface area contributed by atoms with E-state index in [9.17, 15) is 18.0 Å². The van der Waals surface area contributed by atoms with Crippen LogP contribution in [-0.2, 0) is 14.8 Å². The molecule has 0 aliphatic heterocycles. The normalized spacial score (nSPS) is 11.0. The first kappa shape index (κ1) is 22.4. The van der Waals surface area contributed by atoms with Crippen molar-refractivity contribution < 1.29 is 22.7 Å². The second kappa shape index (κ2) is 10.0. The van der Waals surface area contributed by atoms with Crippen LogP contribution in [0.3, 0.4) is 0 Å².